The molecule has 2 aliphatic rings. The Kier molecular flexibility index (Phi) is 6.31. The van der Waals surface area contributed by atoms with Crippen molar-refractivity contribution < 1.29 is 4.74 Å². The normalized spacial score (nSPS) is 26.6. The van der Waals surface area contributed by atoms with Crippen LogP contribution in [0.3, 0.4) is 0 Å². The van der Waals surface area contributed by atoms with E-state index >= 15 is 0 Å². The number of hydrogen-bond donors (Lipinski definition) is 1. The highest BCUT2D eigenvalue weighted by Crippen LogP contribution is 2.33. The van der Waals surface area contributed by atoms with E-state index in [2.05, 4.69) is 31.0 Å². The predicted octanol–water partition coefficient (Wildman–Crippen LogP) is 3.05. The van der Waals surface area contributed by atoms with Gasteiger partial charge in [-0.2, -0.15) is 0 Å². The van der Waals surface area contributed by atoms with Gasteiger partial charge < -0.3 is 10.1 Å². The summed E-state index contributed by atoms with van der Waals surface area (Å²) < 4.78 is 5.52. The third-order valence-corrected chi connectivity index (χ3v) is 5.66. The van der Waals surface area contributed by atoms with Gasteiger partial charge in [0.05, 0.1) is 0 Å². The summed E-state index contributed by atoms with van der Waals surface area (Å²) in [5, 5.41) is 3.82. The van der Waals surface area contributed by atoms with Crippen LogP contribution in [-0.2, 0) is 4.74 Å². The van der Waals surface area contributed by atoms with E-state index in [1.165, 1.54) is 51.6 Å². The van der Waals surface area contributed by atoms with E-state index < -0.39 is 0 Å². The smallest absolute Gasteiger partial charge is 0.0468 e. The van der Waals surface area contributed by atoms with Crippen LogP contribution in [0.15, 0.2) is 0 Å². The maximum absolute atomic E-state index is 5.52. The molecule has 0 spiro atoms. The molecule has 3 heteroatoms. The first-order valence-electron chi connectivity index (χ1n) is 8.77. The van der Waals surface area contributed by atoms with Gasteiger partial charge in [-0.1, -0.05) is 13.8 Å². The first kappa shape index (κ1) is 16.3. The first-order chi connectivity index (χ1) is 9.70. The van der Waals surface area contributed by atoms with Crippen molar-refractivity contribution in [2.75, 3.05) is 32.8 Å². The van der Waals surface area contributed by atoms with Crippen LogP contribution >= 0.6 is 0 Å². The maximum atomic E-state index is 5.52. The molecule has 0 aliphatic carbocycles. The fourth-order valence-electron chi connectivity index (χ4n) is 4.04. The van der Waals surface area contributed by atoms with Crippen molar-refractivity contribution in [3.8, 4) is 0 Å². The number of nitrogens with zero attached hydrogens (tertiary/aromatic N) is 1. The summed E-state index contributed by atoms with van der Waals surface area (Å²) in [6, 6.07) is 0.624. The molecule has 0 bridgehead atoms. The van der Waals surface area contributed by atoms with E-state index in [1.807, 2.05) is 0 Å². The SMILES string of the molecule is CCNC(CC1CCOCC1)C(C)(CC)N1CCCC1. The Morgan fingerprint density at radius 1 is 1.20 bits per heavy atom. The second kappa shape index (κ2) is 7.77. The maximum Gasteiger partial charge on any atom is 0.0468 e. The lowest BCUT2D eigenvalue weighted by Crippen LogP contribution is -2.59. The molecule has 118 valence electrons. The number of rotatable bonds is 7. The molecular weight excluding hydrogens is 248 g/mol. The highest BCUT2D eigenvalue weighted by molar-refractivity contribution is 4.98. The molecule has 2 saturated heterocycles. The van der Waals surface area contributed by atoms with Crippen LogP contribution in [0, 0.1) is 5.92 Å². The minimum Gasteiger partial charge on any atom is -0.381 e. The summed E-state index contributed by atoms with van der Waals surface area (Å²) in [7, 11) is 0. The van der Waals surface area contributed by atoms with Crippen LogP contribution in [-0.4, -0.2) is 49.3 Å². The molecule has 0 amide bonds. The van der Waals surface area contributed by atoms with E-state index in [9.17, 15) is 0 Å². The number of nitrogens with one attached hydrogen (secondary N) is 1. The zero-order valence-corrected chi connectivity index (χ0v) is 13.8. The van der Waals surface area contributed by atoms with Gasteiger partial charge in [0.2, 0.25) is 0 Å². The summed E-state index contributed by atoms with van der Waals surface area (Å²) >= 11 is 0. The molecule has 0 saturated carbocycles. The Balaban J connectivity index is 2.03. The molecular formula is C17H34N2O. The van der Waals surface area contributed by atoms with Gasteiger partial charge in [0, 0.05) is 24.8 Å². The van der Waals surface area contributed by atoms with Crippen LogP contribution in [0.5, 0.6) is 0 Å². The molecule has 0 aromatic heterocycles. The number of likely N-dealkylation sites (tertiary alicyclic amines) is 1. The second-order valence-corrected chi connectivity index (χ2v) is 6.81. The van der Waals surface area contributed by atoms with Gasteiger partial charge >= 0.3 is 0 Å². The van der Waals surface area contributed by atoms with Gasteiger partial charge in [0.25, 0.3) is 0 Å². The third-order valence-electron chi connectivity index (χ3n) is 5.66. The molecule has 3 nitrogen and oxygen atoms in total. The monoisotopic (exact) mass is 282 g/mol. The van der Waals surface area contributed by atoms with Crippen molar-refractivity contribution in [2.24, 2.45) is 5.92 Å². The van der Waals surface area contributed by atoms with Gasteiger partial charge in [-0.3, -0.25) is 4.90 Å². The molecule has 0 radical (unpaired) electrons. The Morgan fingerprint density at radius 2 is 1.85 bits per heavy atom. The fourth-order valence-corrected chi connectivity index (χ4v) is 4.04. The van der Waals surface area contributed by atoms with Crippen LogP contribution in [0.4, 0.5) is 0 Å². The third kappa shape index (κ3) is 3.75. The molecule has 2 fully saturated rings. The molecule has 2 aliphatic heterocycles. The Hall–Kier alpha value is -0.120. The van der Waals surface area contributed by atoms with Crippen LogP contribution in [0.1, 0.15) is 59.3 Å². The van der Waals surface area contributed by atoms with Crippen molar-refractivity contribution in [1.82, 2.24) is 10.2 Å². The Labute approximate surface area is 125 Å². The average molecular weight is 282 g/mol. The lowest BCUT2D eigenvalue weighted by atomic mass is 9.80. The Bertz CT molecular complexity index is 272. The molecule has 2 unspecified atom stereocenters. The largest absolute Gasteiger partial charge is 0.381 e. The van der Waals surface area contributed by atoms with Crippen LogP contribution in [0.25, 0.3) is 0 Å². The van der Waals surface area contributed by atoms with Gasteiger partial charge in [0.1, 0.15) is 0 Å². The molecule has 2 rings (SSSR count). The minimum atomic E-state index is 0.324. The summed E-state index contributed by atoms with van der Waals surface area (Å²) in [4.78, 5) is 2.75. The van der Waals surface area contributed by atoms with E-state index in [4.69, 9.17) is 4.74 Å². The minimum absolute atomic E-state index is 0.324. The summed E-state index contributed by atoms with van der Waals surface area (Å²) in [6.45, 7) is 12.7. The van der Waals surface area contributed by atoms with Crippen molar-refractivity contribution >= 4 is 0 Å². The quantitative estimate of drug-likeness (QED) is 0.777. The number of ether oxygens (including phenoxy) is 1. The summed E-state index contributed by atoms with van der Waals surface area (Å²) in [5.74, 6) is 0.848. The van der Waals surface area contributed by atoms with E-state index in [0.717, 1.165) is 25.7 Å². The lowest BCUT2D eigenvalue weighted by Gasteiger charge is -2.46. The van der Waals surface area contributed by atoms with Gasteiger partial charge in [-0.05, 0) is 71.0 Å². The highest BCUT2D eigenvalue weighted by Gasteiger charge is 2.39. The van der Waals surface area contributed by atoms with Crippen molar-refractivity contribution in [2.45, 2.75) is 70.9 Å². The van der Waals surface area contributed by atoms with Crippen LogP contribution < -0.4 is 5.32 Å². The predicted molar refractivity (Wildman–Crippen MR) is 85.1 cm³/mol. The van der Waals surface area contributed by atoms with Gasteiger partial charge in [-0.25, -0.2) is 0 Å². The number of hydrogen-bond acceptors (Lipinski definition) is 3. The van der Waals surface area contributed by atoms with Crippen molar-refractivity contribution in [3.05, 3.63) is 0 Å². The van der Waals surface area contributed by atoms with Gasteiger partial charge in [0.15, 0.2) is 0 Å². The zero-order chi connectivity index (χ0) is 14.4. The molecule has 2 heterocycles. The van der Waals surface area contributed by atoms with E-state index in [0.29, 0.717) is 11.6 Å². The Morgan fingerprint density at radius 3 is 2.40 bits per heavy atom. The molecule has 0 aromatic rings. The van der Waals surface area contributed by atoms with Crippen molar-refractivity contribution in [1.29, 1.82) is 0 Å². The average Bonchev–Trinajstić information content (AvgIpc) is 3.02. The van der Waals surface area contributed by atoms with Crippen molar-refractivity contribution in [3.63, 3.8) is 0 Å². The highest BCUT2D eigenvalue weighted by atomic mass is 16.5. The lowest BCUT2D eigenvalue weighted by molar-refractivity contribution is 0.0360. The fraction of sp³-hybridized carbons (Fsp3) is 1.00. The number of likely N-dealkylation sites (N-methyl/N-ethyl adjacent to an activating group) is 1. The molecule has 0 aromatic carbocycles. The van der Waals surface area contributed by atoms with E-state index in [1.54, 1.807) is 0 Å². The summed E-state index contributed by atoms with van der Waals surface area (Å²) in [5.41, 5.74) is 0.324. The topological polar surface area (TPSA) is 24.5 Å². The zero-order valence-electron chi connectivity index (χ0n) is 13.8. The first-order valence-corrected chi connectivity index (χ1v) is 8.77. The standard InChI is InChI=1S/C17H34N2O/c1-4-17(3,19-10-6-7-11-19)16(18-5-2)14-15-8-12-20-13-9-15/h15-16,18H,4-14H2,1-3H3. The molecule has 2 atom stereocenters. The van der Waals surface area contributed by atoms with Crippen LogP contribution in [0.2, 0.25) is 0 Å². The molecule has 20 heavy (non-hydrogen) atoms. The molecule has 1 N–H and O–H groups in total. The van der Waals surface area contributed by atoms with Gasteiger partial charge in [-0.15, -0.1) is 0 Å². The second-order valence-electron chi connectivity index (χ2n) is 6.81. The summed E-state index contributed by atoms with van der Waals surface area (Å²) in [6.07, 6.45) is 7.83. The van der Waals surface area contributed by atoms with E-state index in [-0.39, 0.29) is 0 Å².